The molecule has 7 heteroatoms. The van der Waals surface area contributed by atoms with E-state index >= 15 is 0 Å². The third kappa shape index (κ3) is 4.09. The van der Waals surface area contributed by atoms with Crippen molar-refractivity contribution in [3.63, 3.8) is 0 Å². The van der Waals surface area contributed by atoms with Crippen LogP contribution in [0.1, 0.15) is 37.1 Å². The molecule has 0 spiro atoms. The molecule has 1 aromatic heterocycles. The minimum absolute atomic E-state index is 0.116. The molecule has 0 bridgehead atoms. The van der Waals surface area contributed by atoms with Gasteiger partial charge >= 0.3 is 0 Å². The molecule has 1 fully saturated rings. The van der Waals surface area contributed by atoms with Gasteiger partial charge in [-0.05, 0) is 12.0 Å². The molecule has 0 saturated heterocycles. The van der Waals surface area contributed by atoms with Crippen LogP contribution >= 0.6 is 0 Å². The molecule has 5 nitrogen and oxygen atoms in total. The average molecular weight is 392 g/mol. The normalized spacial score (nSPS) is 20.7. The highest BCUT2D eigenvalue weighted by Crippen LogP contribution is 2.47. The number of carbonyl (C=O) groups is 1. The van der Waals surface area contributed by atoms with Crippen molar-refractivity contribution >= 4 is 5.91 Å². The van der Waals surface area contributed by atoms with Crippen molar-refractivity contribution in [2.24, 2.45) is 13.0 Å². The topological polar surface area (TPSA) is 58.1 Å². The van der Waals surface area contributed by atoms with E-state index in [4.69, 9.17) is 0 Å². The zero-order valence-corrected chi connectivity index (χ0v) is 16.4. The Kier molecular flexibility index (Phi) is 5.84. The lowest BCUT2D eigenvalue weighted by atomic mass is 9.79. The number of nitrogens with zero attached hydrogens (tertiary/aromatic N) is 2. The lowest BCUT2D eigenvalue weighted by Crippen LogP contribution is -2.49. The van der Waals surface area contributed by atoms with Gasteiger partial charge in [-0.15, -0.1) is 0 Å². The summed E-state index contributed by atoms with van der Waals surface area (Å²) >= 11 is 0. The number of nitrogens with one attached hydrogen (secondary N) is 1. The van der Waals surface area contributed by atoms with E-state index in [0.29, 0.717) is 18.5 Å². The molecule has 1 aliphatic carbocycles. The zero-order chi connectivity index (χ0) is 20.4. The van der Waals surface area contributed by atoms with Crippen LogP contribution in [0.15, 0.2) is 42.7 Å². The van der Waals surface area contributed by atoms with Crippen LogP contribution in [0, 0.1) is 12.8 Å². The van der Waals surface area contributed by atoms with Gasteiger partial charge in [0.2, 0.25) is 5.92 Å². The number of halogens is 2. The van der Waals surface area contributed by atoms with Crippen LogP contribution in [0.4, 0.5) is 8.78 Å². The van der Waals surface area contributed by atoms with Gasteiger partial charge in [0.1, 0.15) is 12.4 Å². The van der Waals surface area contributed by atoms with Crippen molar-refractivity contribution in [2.45, 2.75) is 50.7 Å². The number of amides is 1. The monoisotopic (exact) mass is 392 g/mol. The number of aromatic nitrogens is 2. The van der Waals surface area contributed by atoms with E-state index in [-0.39, 0.29) is 12.8 Å². The maximum Gasteiger partial charge on any atom is 0.256 e. The molecule has 1 aromatic carbocycles. The Morgan fingerprint density at radius 2 is 2.11 bits per heavy atom. The van der Waals surface area contributed by atoms with E-state index in [1.807, 2.05) is 30.9 Å². The van der Waals surface area contributed by atoms with Crippen LogP contribution in [0.25, 0.3) is 0 Å². The molecule has 28 heavy (non-hydrogen) atoms. The second kappa shape index (κ2) is 7.99. The Labute approximate surface area is 164 Å². The number of hydrogen-bond acceptors (Lipinski definition) is 2. The van der Waals surface area contributed by atoms with Crippen molar-refractivity contribution in [3.05, 3.63) is 54.1 Å². The first-order valence-corrected chi connectivity index (χ1v) is 9.69. The van der Waals surface area contributed by atoms with Gasteiger partial charge in [-0.1, -0.05) is 30.3 Å². The van der Waals surface area contributed by atoms with E-state index in [1.54, 1.807) is 30.3 Å². The molecule has 1 amide bonds. The smallest absolute Gasteiger partial charge is 0.256 e. The Bertz CT molecular complexity index is 822. The first kappa shape index (κ1) is 20.5. The molecule has 1 unspecified atom stereocenters. The molecule has 0 radical (unpaired) electrons. The summed E-state index contributed by atoms with van der Waals surface area (Å²) < 4.78 is 31.7. The largest absolute Gasteiger partial charge is 0.375 e. The highest BCUT2D eigenvalue weighted by Gasteiger charge is 2.53. The molecule has 1 saturated carbocycles. The SMILES string of the molecule is Cc1n(CCCNC(=O)[C@](O)(c2ccccc2)C2CCC(F)(F)C2)cc[n+]1C. The summed E-state index contributed by atoms with van der Waals surface area (Å²) in [5.74, 6) is -3.15. The van der Waals surface area contributed by atoms with Crippen LogP contribution in [0.3, 0.4) is 0 Å². The summed E-state index contributed by atoms with van der Waals surface area (Å²) in [6.07, 6.45) is 3.94. The highest BCUT2D eigenvalue weighted by atomic mass is 19.3. The van der Waals surface area contributed by atoms with E-state index < -0.39 is 29.8 Å². The van der Waals surface area contributed by atoms with E-state index in [2.05, 4.69) is 9.88 Å². The third-order valence-corrected chi connectivity index (χ3v) is 5.81. The van der Waals surface area contributed by atoms with Gasteiger partial charge in [-0.2, -0.15) is 0 Å². The van der Waals surface area contributed by atoms with Crippen LogP contribution in [0.5, 0.6) is 0 Å². The van der Waals surface area contributed by atoms with Gasteiger partial charge in [0.25, 0.3) is 11.7 Å². The predicted octanol–water partition coefficient (Wildman–Crippen LogP) is 2.45. The fourth-order valence-electron chi connectivity index (χ4n) is 3.97. The second-order valence-electron chi connectivity index (χ2n) is 7.69. The first-order chi connectivity index (χ1) is 13.2. The minimum atomic E-state index is -2.84. The lowest BCUT2D eigenvalue weighted by molar-refractivity contribution is -0.677. The Balaban J connectivity index is 1.68. The lowest BCUT2D eigenvalue weighted by Gasteiger charge is -2.33. The summed E-state index contributed by atoms with van der Waals surface area (Å²) in [5, 5.41) is 14.1. The first-order valence-electron chi connectivity index (χ1n) is 9.69. The third-order valence-electron chi connectivity index (χ3n) is 5.81. The van der Waals surface area contributed by atoms with Crippen LogP contribution in [-0.2, 0) is 24.0 Å². The second-order valence-corrected chi connectivity index (χ2v) is 7.69. The molecule has 2 atom stereocenters. The molecule has 152 valence electrons. The molecule has 1 aliphatic rings. The zero-order valence-electron chi connectivity index (χ0n) is 16.4. The van der Waals surface area contributed by atoms with E-state index in [0.717, 1.165) is 12.4 Å². The summed E-state index contributed by atoms with van der Waals surface area (Å²) in [7, 11) is 1.96. The quantitative estimate of drug-likeness (QED) is 0.562. The van der Waals surface area contributed by atoms with Crippen LogP contribution in [-0.4, -0.2) is 28.0 Å². The van der Waals surface area contributed by atoms with Crippen molar-refractivity contribution in [1.82, 2.24) is 9.88 Å². The van der Waals surface area contributed by atoms with Gasteiger partial charge in [-0.25, -0.2) is 17.9 Å². The number of aryl methyl sites for hydroxylation is 2. The molecule has 3 rings (SSSR count). The van der Waals surface area contributed by atoms with Crippen molar-refractivity contribution < 1.29 is 23.2 Å². The summed E-state index contributed by atoms with van der Waals surface area (Å²) in [6.45, 7) is 3.09. The minimum Gasteiger partial charge on any atom is -0.375 e. The number of carbonyl (C=O) groups excluding carboxylic acids is 1. The van der Waals surface area contributed by atoms with Crippen molar-refractivity contribution in [2.75, 3.05) is 6.54 Å². The predicted molar refractivity (Wildman–Crippen MR) is 101 cm³/mol. The molecule has 2 aromatic rings. The Hall–Kier alpha value is -2.28. The summed E-state index contributed by atoms with van der Waals surface area (Å²) in [4.78, 5) is 12.9. The Morgan fingerprint density at radius 1 is 1.39 bits per heavy atom. The fraction of sp³-hybridized carbons (Fsp3) is 0.524. The van der Waals surface area contributed by atoms with Gasteiger partial charge in [0, 0.05) is 38.6 Å². The van der Waals surface area contributed by atoms with Crippen molar-refractivity contribution in [1.29, 1.82) is 0 Å². The number of aliphatic hydroxyl groups is 1. The van der Waals surface area contributed by atoms with Crippen LogP contribution < -0.4 is 9.88 Å². The highest BCUT2D eigenvalue weighted by molar-refractivity contribution is 5.86. The maximum atomic E-state index is 13.8. The molecular formula is C21H28F2N3O2+. The Morgan fingerprint density at radius 3 is 2.68 bits per heavy atom. The molecule has 2 N–H and O–H groups in total. The summed E-state index contributed by atoms with van der Waals surface area (Å²) in [6, 6.07) is 8.42. The standard InChI is InChI=1S/C21H27F2N3O2/c1-16-25(2)13-14-26(16)12-6-11-24-19(27)21(28,17-7-4-3-5-8-17)18-9-10-20(22,23)15-18/h3-5,7-8,13-14,18,28H,6,9-12,15H2,1-2H3/p+1/t18?,21-/m0/s1. The van der Waals surface area contributed by atoms with Gasteiger partial charge in [0.05, 0.1) is 13.6 Å². The number of imidazole rings is 1. The average Bonchev–Trinajstić information content (AvgIpc) is 3.21. The molecule has 1 heterocycles. The maximum absolute atomic E-state index is 13.8. The number of alkyl halides is 2. The van der Waals surface area contributed by atoms with E-state index in [9.17, 15) is 18.7 Å². The summed E-state index contributed by atoms with van der Waals surface area (Å²) in [5.41, 5.74) is -1.58. The van der Waals surface area contributed by atoms with E-state index in [1.165, 1.54) is 0 Å². The molecular weight excluding hydrogens is 364 g/mol. The van der Waals surface area contributed by atoms with Gasteiger partial charge < -0.3 is 10.4 Å². The number of rotatable bonds is 7. The van der Waals surface area contributed by atoms with Crippen LogP contribution in [0.2, 0.25) is 0 Å². The van der Waals surface area contributed by atoms with Gasteiger partial charge in [0.15, 0.2) is 5.60 Å². The fourth-order valence-corrected chi connectivity index (χ4v) is 3.97. The van der Waals surface area contributed by atoms with Crippen molar-refractivity contribution in [3.8, 4) is 0 Å². The molecule has 0 aliphatic heterocycles. The number of hydrogen-bond donors (Lipinski definition) is 2. The number of benzene rings is 1. The van der Waals surface area contributed by atoms with Gasteiger partial charge in [-0.3, -0.25) is 4.79 Å².